The van der Waals surface area contributed by atoms with Gasteiger partial charge in [-0.1, -0.05) is 0 Å². The van der Waals surface area contributed by atoms with Gasteiger partial charge in [-0.25, -0.2) is 8.78 Å². The largest absolute Gasteiger partial charge is 0.488 e. The third-order valence-electron chi connectivity index (χ3n) is 1.65. The third-order valence-corrected chi connectivity index (χ3v) is 1.91. The molecule has 0 atom stereocenters. The molecule has 0 radical (unpaired) electrons. The lowest BCUT2D eigenvalue weighted by molar-refractivity contribution is 0.230. The molecule has 0 spiro atoms. The van der Waals surface area contributed by atoms with Gasteiger partial charge in [-0.3, -0.25) is 0 Å². The van der Waals surface area contributed by atoms with Crippen molar-refractivity contribution in [1.82, 2.24) is 0 Å². The summed E-state index contributed by atoms with van der Waals surface area (Å²) in [4.78, 5) is 0. The monoisotopic (exact) mass is 220 g/mol. The van der Waals surface area contributed by atoms with Crippen LogP contribution in [0, 0.1) is 11.6 Å². The van der Waals surface area contributed by atoms with E-state index in [-0.39, 0.29) is 23.3 Å². The van der Waals surface area contributed by atoms with Crippen LogP contribution in [0.1, 0.15) is 19.4 Å². The van der Waals surface area contributed by atoms with E-state index >= 15 is 0 Å². The standard InChI is InChI=1S/C10H11ClF2O/c1-6(2)14-9-4-3-8(12)7(5-11)10(9)13/h3-4,6H,5H2,1-2H3. The highest BCUT2D eigenvalue weighted by Gasteiger charge is 2.14. The zero-order valence-corrected chi connectivity index (χ0v) is 8.74. The molecule has 14 heavy (non-hydrogen) atoms. The summed E-state index contributed by atoms with van der Waals surface area (Å²) in [7, 11) is 0. The van der Waals surface area contributed by atoms with Gasteiger partial charge in [0.05, 0.1) is 12.0 Å². The summed E-state index contributed by atoms with van der Waals surface area (Å²) in [5, 5.41) is 0. The summed E-state index contributed by atoms with van der Waals surface area (Å²) in [6.45, 7) is 3.53. The number of rotatable bonds is 3. The number of benzene rings is 1. The maximum absolute atomic E-state index is 13.4. The van der Waals surface area contributed by atoms with Gasteiger partial charge in [0.1, 0.15) is 5.82 Å². The Bertz CT molecular complexity index is 326. The van der Waals surface area contributed by atoms with E-state index in [0.29, 0.717) is 0 Å². The van der Waals surface area contributed by atoms with Crippen molar-refractivity contribution in [3.05, 3.63) is 29.3 Å². The first-order valence-corrected chi connectivity index (χ1v) is 4.79. The molecule has 0 saturated heterocycles. The molecule has 1 nitrogen and oxygen atoms in total. The molecular formula is C10H11ClF2O. The van der Waals surface area contributed by atoms with Crippen molar-refractivity contribution >= 4 is 11.6 Å². The zero-order chi connectivity index (χ0) is 10.7. The minimum absolute atomic E-state index is 0.0389. The minimum atomic E-state index is -0.714. The van der Waals surface area contributed by atoms with Gasteiger partial charge in [-0.05, 0) is 26.0 Å². The van der Waals surface area contributed by atoms with Gasteiger partial charge in [0.15, 0.2) is 11.6 Å². The van der Waals surface area contributed by atoms with Crippen LogP contribution in [0.3, 0.4) is 0 Å². The molecule has 0 unspecified atom stereocenters. The Balaban J connectivity index is 3.08. The van der Waals surface area contributed by atoms with E-state index in [1.54, 1.807) is 13.8 Å². The lowest BCUT2D eigenvalue weighted by Gasteiger charge is -2.12. The van der Waals surface area contributed by atoms with E-state index in [4.69, 9.17) is 16.3 Å². The normalized spacial score (nSPS) is 10.7. The Hall–Kier alpha value is -0.830. The van der Waals surface area contributed by atoms with Crippen molar-refractivity contribution in [1.29, 1.82) is 0 Å². The molecular weight excluding hydrogens is 210 g/mol. The van der Waals surface area contributed by atoms with E-state index in [2.05, 4.69) is 0 Å². The summed E-state index contributed by atoms with van der Waals surface area (Å²) < 4.78 is 31.6. The number of alkyl halides is 1. The summed E-state index contributed by atoms with van der Waals surface area (Å²) in [5.41, 5.74) is -0.148. The lowest BCUT2D eigenvalue weighted by atomic mass is 10.2. The van der Waals surface area contributed by atoms with Gasteiger partial charge in [0.25, 0.3) is 0 Å². The first kappa shape index (κ1) is 11.2. The highest BCUT2D eigenvalue weighted by Crippen LogP contribution is 2.25. The summed E-state index contributed by atoms with van der Waals surface area (Å²) in [5.74, 6) is -1.52. The average Bonchev–Trinajstić information content (AvgIpc) is 2.10. The van der Waals surface area contributed by atoms with Gasteiger partial charge in [-0.15, -0.1) is 11.6 Å². The first-order valence-electron chi connectivity index (χ1n) is 4.25. The quantitative estimate of drug-likeness (QED) is 0.709. The summed E-state index contributed by atoms with van der Waals surface area (Å²) >= 11 is 5.41. The molecule has 4 heteroatoms. The van der Waals surface area contributed by atoms with Crippen LogP contribution in [0.5, 0.6) is 5.75 Å². The van der Waals surface area contributed by atoms with Crippen molar-refractivity contribution in [2.24, 2.45) is 0 Å². The zero-order valence-electron chi connectivity index (χ0n) is 7.98. The van der Waals surface area contributed by atoms with Gasteiger partial charge >= 0.3 is 0 Å². The molecule has 0 heterocycles. The Morgan fingerprint density at radius 3 is 2.50 bits per heavy atom. The summed E-state index contributed by atoms with van der Waals surface area (Å²) in [6, 6.07) is 2.42. The maximum atomic E-state index is 13.4. The van der Waals surface area contributed by atoms with Crippen molar-refractivity contribution < 1.29 is 13.5 Å². The molecule has 1 rings (SSSR count). The molecule has 0 N–H and O–H groups in total. The van der Waals surface area contributed by atoms with E-state index < -0.39 is 11.6 Å². The van der Waals surface area contributed by atoms with Crippen molar-refractivity contribution in [3.63, 3.8) is 0 Å². The number of halogens is 3. The van der Waals surface area contributed by atoms with Gasteiger partial charge in [-0.2, -0.15) is 0 Å². The van der Waals surface area contributed by atoms with Crippen LogP contribution in [0.15, 0.2) is 12.1 Å². The first-order chi connectivity index (χ1) is 6.56. The average molecular weight is 221 g/mol. The second-order valence-electron chi connectivity index (χ2n) is 3.14. The topological polar surface area (TPSA) is 9.23 Å². The van der Waals surface area contributed by atoms with Gasteiger partial charge in [0, 0.05) is 5.56 Å². The fourth-order valence-corrected chi connectivity index (χ4v) is 1.29. The Morgan fingerprint density at radius 2 is 2.00 bits per heavy atom. The second-order valence-corrected chi connectivity index (χ2v) is 3.41. The molecule has 0 aliphatic heterocycles. The van der Waals surface area contributed by atoms with Gasteiger partial charge in [0.2, 0.25) is 0 Å². The second kappa shape index (κ2) is 4.60. The molecule has 78 valence electrons. The van der Waals surface area contributed by atoms with Crippen LogP contribution in [-0.4, -0.2) is 6.10 Å². The smallest absolute Gasteiger partial charge is 0.172 e. The number of ether oxygens (including phenoxy) is 1. The highest BCUT2D eigenvalue weighted by atomic mass is 35.5. The predicted molar refractivity (Wildman–Crippen MR) is 51.7 cm³/mol. The number of hydrogen-bond acceptors (Lipinski definition) is 1. The molecule has 1 aromatic rings. The molecule has 0 bridgehead atoms. The van der Waals surface area contributed by atoms with Crippen LogP contribution in [0.4, 0.5) is 8.78 Å². The lowest BCUT2D eigenvalue weighted by Crippen LogP contribution is -2.08. The summed E-state index contributed by atoms with van der Waals surface area (Å²) in [6.07, 6.45) is -0.155. The molecule has 0 aromatic heterocycles. The number of hydrogen-bond donors (Lipinski definition) is 0. The highest BCUT2D eigenvalue weighted by molar-refractivity contribution is 6.17. The van der Waals surface area contributed by atoms with Crippen LogP contribution >= 0.6 is 11.6 Å². The van der Waals surface area contributed by atoms with Crippen molar-refractivity contribution in [2.45, 2.75) is 25.8 Å². The molecule has 0 fully saturated rings. The molecule has 0 aliphatic rings. The maximum Gasteiger partial charge on any atom is 0.172 e. The Labute approximate surface area is 86.6 Å². The minimum Gasteiger partial charge on any atom is -0.488 e. The van der Waals surface area contributed by atoms with Gasteiger partial charge < -0.3 is 4.74 Å². The van der Waals surface area contributed by atoms with Crippen LogP contribution < -0.4 is 4.74 Å². The molecule has 0 aliphatic carbocycles. The Morgan fingerprint density at radius 1 is 1.36 bits per heavy atom. The SMILES string of the molecule is CC(C)Oc1ccc(F)c(CCl)c1F. The van der Waals surface area contributed by atoms with Crippen LogP contribution in [0.25, 0.3) is 0 Å². The molecule has 1 aromatic carbocycles. The van der Waals surface area contributed by atoms with Crippen molar-refractivity contribution in [3.8, 4) is 5.75 Å². The molecule has 0 amide bonds. The van der Waals surface area contributed by atoms with E-state index in [0.717, 1.165) is 6.07 Å². The predicted octanol–water partition coefficient (Wildman–Crippen LogP) is 3.49. The fraction of sp³-hybridized carbons (Fsp3) is 0.400. The van der Waals surface area contributed by atoms with Crippen LogP contribution in [0.2, 0.25) is 0 Å². The van der Waals surface area contributed by atoms with Crippen LogP contribution in [-0.2, 0) is 5.88 Å². The van der Waals surface area contributed by atoms with E-state index in [9.17, 15) is 8.78 Å². The van der Waals surface area contributed by atoms with E-state index in [1.807, 2.05) is 0 Å². The third kappa shape index (κ3) is 2.35. The Kier molecular flexibility index (Phi) is 3.69. The van der Waals surface area contributed by atoms with E-state index in [1.165, 1.54) is 6.07 Å². The van der Waals surface area contributed by atoms with Crippen molar-refractivity contribution in [2.75, 3.05) is 0 Å². The fourth-order valence-electron chi connectivity index (χ4n) is 1.04. The molecule has 0 saturated carbocycles.